The second kappa shape index (κ2) is 9.21. The van der Waals surface area contributed by atoms with Crippen molar-refractivity contribution in [3.8, 4) is 34.0 Å². The van der Waals surface area contributed by atoms with Gasteiger partial charge in [-0.2, -0.15) is 5.10 Å². The number of furan rings is 1. The third-order valence-electron chi connectivity index (χ3n) is 5.21. The van der Waals surface area contributed by atoms with Crippen LogP contribution in [0.15, 0.2) is 89.1 Å². The van der Waals surface area contributed by atoms with Crippen LogP contribution in [0.5, 0.6) is 5.75 Å². The van der Waals surface area contributed by atoms with Crippen molar-refractivity contribution >= 4 is 11.3 Å². The molecule has 32 heavy (non-hydrogen) atoms. The van der Waals surface area contributed by atoms with Crippen molar-refractivity contribution in [2.75, 3.05) is 7.11 Å². The molecular formula is C25H22N4O2S. The van der Waals surface area contributed by atoms with Crippen LogP contribution in [0.25, 0.3) is 28.3 Å². The molecule has 5 rings (SSSR count). The highest BCUT2D eigenvalue weighted by molar-refractivity contribution is 7.09. The van der Waals surface area contributed by atoms with Gasteiger partial charge in [0.2, 0.25) is 0 Å². The first-order chi connectivity index (χ1) is 15.8. The number of nitrogens with zero attached hydrogens (tertiary/aromatic N) is 3. The summed E-state index contributed by atoms with van der Waals surface area (Å²) in [5, 5.41) is 11.2. The van der Waals surface area contributed by atoms with E-state index in [-0.39, 0.29) is 0 Å². The van der Waals surface area contributed by atoms with Crippen LogP contribution in [0.4, 0.5) is 0 Å². The molecule has 0 amide bonds. The minimum Gasteiger partial charge on any atom is -0.497 e. The minimum atomic E-state index is 0.666. The Bertz CT molecular complexity index is 1260. The predicted molar refractivity (Wildman–Crippen MR) is 126 cm³/mol. The molecule has 0 aliphatic carbocycles. The van der Waals surface area contributed by atoms with Gasteiger partial charge in [0, 0.05) is 30.2 Å². The summed E-state index contributed by atoms with van der Waals surface area (Å²) in [6, 6.07) is 20.3. The van der Waals surface area contributed by atoms with E-state index in [0.717, 1.165) is 51.1 Å². The molecule has 3 heterocycles. The number of rotatable bonds is 8. The second-order valence-corrected chi connectivity index (χ2v) is 8.19. The lowest BCUT2D eigenvalue weighted by atomic mass is 10.1. The third-order valence-corrected chi connectivity index (χ3v) is 5.99. The van der Waals surface area contributed by atoms with Crippen molar-refractivity contribution in [1.82, 2.24) is 20.1 Å². The second-order valence-electron chi connectivity index (χ2n) is 7.21. The number of hydrogen-bond acceptors (Lipinski definition) is 6. The molecule has 0 bridgehead atoms. The van der Waals surface area contributed by atoms with Crippen molar-refractivity contribution in [1.29, 1.82) is 0 Å². The average molecular weight is 443 g/mol. The van der Waals surface area contributed by atoms with Gasteiger partial charge < -0.3 is 14.5 Å². The summed E-state index contributed by atoms with van der Waals surface area (Å²) in [6.45, 7) is 1.39. The Morgan fingerprint density at radius 1 is 1.00 bits per heavy atom. The number of nitrogens with one attached hydrogen (secondary N) is 1. The van der Waals surface area contributed by atoms with Crippen LogP contribution in [0.1, 0.15) is 10.6 Å². The average Bonchev–Trinajstić information content (AvgIpc) is 3.61. The van der Waals surface area contributed by atoms with Crippen LogP contribution in [-0.4, -0.2) is 21.9 Å². The summed E-state index contributed by atoms with van der Waals surface area (Å²) in [5.41, 5.74) is 5.25. The van der Waals surface area contributed by atoms with Crippen LogP contribution in [0.2, 0.25) is 0 Å². The fourth-order valence-corrected chi connectivity index (χ4v) is 4.19. The van der Waals surface area contributed by atoms with E-state index in [1.807, 2.05) is 46.7 Å². The van der Waals surface area contributed by atoms with Crippen molar-refractivity contribution < 1.29 is 9.15 Å². The summed E-state index contributed by atoms with van der Waals surface area (Å²) in [6.07, 6.45) is 5.40. The number of hydrogen-bond donors (Lipinski definition) is 1. The third kappa shape index (κ3) is 4.21. The van der Waals surface area contributed by atoms with Crippen LogP contribution in [-0.2, 0) is 13.1 Å². The summed E-state index contributed by atoms with van der Waals surface area (Å²) >= 11 is 1.64. The van der Waals surface area contributed by atoms with Crippen molar-refractivity contribution in [3.63, 3.8) is 0 Å². The number of benzene rings is 2. The Kier molecular flexibility index (Phi) is 5.83. The fourth-order valence-electron chi connectivity index (χ4n) is 3.61. The van der Waals surface area contributed by atoms with E-state index in [4.69, 9.17) is 9.15 Å². The maximum Gasteiger partial charge on any atom is 0.152 e. The van der Waals surface area contributed by atoms with Gasteiger partial charge in [0.25, 0.3) is 0 Å². The maximum absolute atomic E-state index is 5.74. The Morgan fingerprint density at radius 2 is 1.78 bits per heavy atom. The highest BCUT2D eigenvalue weighted by Gasteiger charge is 2.17. The molecule has 0 radical (unpaired) electrons. The van der Waals surface area contributed by atoms with Crippen LogP contribution in [0, 0.1) is 0 Å². The molecule has 5 aromatic rings. The molecule has 2 aromatic carbocycles. The molecule has 0 unspecified atom stereocenters. The van der Waals surface area contributed by atoms with E-state index in [1.54, 1.807) is 24.7 Å². The van der Waals surface area contributed by atoms with Crippen molar-refractivity contribution in [3.05, 3.63) is 95.3 Å². The molecule has 3 aromatic heterocycles. The highest BCUT2D eigenvalue weighted by Crippen LogP contribution is 2.29. The summed E-state index contributed by atoms with van der Waals surface area (Å²) in [4.78, 5) is 4.33. The lowest BCUT2D eigenvalue weighted by Crippen LogP contribution is -2.13. The number of ether oxygens (including phenoxy) is 1. The Labute approximate surface area is 190 Å². The molecule has 7 heteroatoms. The molecule has 0 saturated heterocycles. The Morgan fingerprint density at radius 3 is 2.44 bits per heavy atom. The van der Waals surface area contributed by atoms with E-state index >= 15 is 0 Å². The quantitative estimate of drug-likeness (QED) is 0.341. The van der Waals surface area contributed by atoms with Crippen LogP contribution < -0.4 is 10.1 Å². The lowest BCUT2D eigenvalue weighted by Gasteiger charge is -2.10. The minimum absolute atomic E-state index is 0.666. The van der Waals surface area contributed by atoms with Gasteiger partial charge in [-0.05, 0) is 47.5 Å². The standard InChI is InChI=1S/C25H22N4O2S/c1-30-22-10-6-19(7-11-22)18-4-8-21(9-5-18)29-25(23-3-2-13-31-23)20(16-28-29)15-26-17-24-27-12-14-32-24/h2-14,16,26H,15,17H2,1H3. The molecule has 1 N–H and O–H groups in total. The van der Waals surface area contributed by atoms with E-state index in [0.29, 0.717) is 6.54 Å². The van der Waals surface area contributed by atoms with Gasteiger partial charge in [0.15, 0.2) is 5.76 Å². The number of aromatic nitrogens is 3. The zero-order chi connectivity index (χ0) is 21.8. The zero-order valence-corrected chi connectivity index (χ0v) is 18.4. The van der Waals surface area contributed by atoms with Gasteiger partial charge in [0.1, 0.15) is 16.5 Å². The zero-order valence-electron chi connectivity index (χ0n) is 17.6. The Hall–Kier alpha value is -3.68. The van der Waals surface area contributed by atoms with Crippen LogP contribution >= 0.6 is 11.3 Å². The molecular weight excluding hydrogens is 420 g/mol. The van der Waals surface area contributed by atoms with E-state index in [9.17, 15) is 0 Å². The molecule has 0 aliphatic rings. The van der Waals surface area contributed by atoms with E-state index in [2.05, 4.69) is 51.8 Å². The van der Waals surface area contributed by atoms with Gasteiger partial charge in [0.05, 0.1) is 25.3 Å². The molecule has 0 fully saturated rings. The molecule has 160 valence electrons. The molecule has 0 atom stereocenters. The van der Waals surface area contributed by atoms with Gasteiger partial charge >= 0.3 is 0 Å². The summed E-state index contributed by atoms with van der Waals surface area (Å²) in [5.74, 6) is 1.63. The van der Waals surface area contributed by atoms with Gasteiger partial charge in [-0.3, -0.25) is 0 Å². The van der Waals surface area contributed by atoms with E-state index in [1.165, 1.54) is 0 Å². The van der Waals surface area contributed by atoms with Gasteiger partial charge in [-0.25, -0.2) is 9.67 Å². The number of methoxy groups -OCH3 is 1. The molecule has 6 nitrogen and oxygen atoms in total. The van der Waals surface area contributed by atoms with Gasteiger partial charge in [-0.1, -0.05) is 24.3 Å². The first-order valence-corrected chi connectivity index (χ1v) is 11.1. The summed E-state index contributed by atoms with van der Waals surface area (Å²) < 4.78 is 12.9. The number of thiazole rings is 1. The van der Waals surface area contributed by atoms with Crippen molar-refractivity contribution in [2.24, 2.45) is 0 Å². The SMILES string of the molecule is COc1ccc(-c2ccc(-n3ncc(CNCc4nccs4)c3-c3ccco3)cc2)cc1. The highest BCUT2D eigenvalue weighted by atomic mass is 32.1. The molecule has 0 saturated carbocycles. The van der Waals surface area contributed by atoms with Gasteiger partial charge in [-0.15, -0.1) is 11.3 Å². The molecule has 0 aliphatic heterocycles. The first kappa shape index (κ1) is 20.2. The lowest BCUT2D eigenvalue weighted by molar-refractivity contribution is 0.415. The van der Waals surface area contributed by atoms with Crippen LogP contribution in [0.3, 0.4) is 0 Å². The Balaban J connectivity index is 1.41. The van der Waals surface area contributed by atoms with Crippen molar-refractivity contribution in [2.45, 2.75) is 13.1 Å². The first-order valence-electron chi connectivity index (χ1n) is 10.3. The fraction of sp³-hybridized carbons (Fsp3) is 0.120. The predicted octanol–water partition coefficient (Wildman–Crippen LogP) is 5.55. The van der Waals surface area contributed by atoms with E-state index < -0.39 is 0 Å². The normalized spacial score (nSPS) is 11.0. The monoisotopic (exact) mass is 442 g/mol. The molecule has 0 spiro atoms. The largest absolute Gasteiger partial charge is 0.497 e. The smallest absolute Gasteiger partial charge is 0.152 e. The summed E-state index contributed by atoms with van der Waals surface area (Å²) in [7, 11) is 1.67. The maximum atomic E-state index is 5.74. The topological polar surface area (TPSA) is 65.1 Å².